The number of benzene rings is 1. The lowest BCUT2D eigenvalue weighted by molar-refractivity contribution is 1.10. The van der Waals surface area contributed by atoms with Crippen LogP contribution in [0, 0.1) is 5.41 Å². The maximum absolute atomic E-state index is 7.35. The SMILES string of the molecule is C/C=C(C=N)/C(C)=C/C=C(\C)Cc1ccc(CC)cc1Cl. The summed E-state index contributed by atoms with van der Waals surface area (Å²) in [5, 5.41) is 8.19. The molecule has 1 rings (SSSR count). The molecule has 0 fully saturated rings. The molecule has 0 bridgehead atoms. The van der Waals surface area contributed by atoms with Crippen LogP contribution in [0.5, 0.6) is 0 Å². The number of allylic oxidation sites excluding steroid dienone is 6. The second-order valence-electron chi connectivity index (χ2n) is 5.21. The number of aryl methyl sites for hydroxylation is 1. The molecule has 0 saturated carbocycles. The summed E-state index contributed by atoms with van der Waals surface area (Å²) < 4.78 is 0. The molecule has 1 N–H and O–H groups in total. The number of hydrogen-bond donors (Lipinski definition) is 1. The Morgan fingerprint density at radius 3 is 2.48 bits per heavy atom. The molecule has 0 aliphatic rings. The third kappa shape index (κ3) is 5.35. The van der Waals surface area contributed by atoms with Gasteiger partial charge in [-0.3, -0.25) is 0 Å². The first kappa shape index (κ1) is 17.5. The van der Waals surface area contributed by atoms with Gasteiger partial charge in [0.15, 0.2) is 0 Å². The van der Waals surface area contributed by atoms with Crippen molar-refractivity contribution in [2.75, 3.05) is 0 Å². The van der Waals surface area contributed by atoms with Gasteiger partial charge in [0.05, 0.1) is 0 Å². The molecule has 2 heteroatoms. The molecule has 0 heterocycles. The lowest BCUT2D eigenvalue weighted by atomic mass is 10.0. The molecular formula is C19H24ClN. The number of hydrogen-bond acceptors (Lipinski definition) is 1. The standard InChI is InChI=1S/C19H24ClN/c1-5-16-9-10-18(19(20)12-16)11-14(3)7-8-15(4)17(6-2)13-21/h6-10,12-13,21H,5,11H2,1-4H3/b14-7+,15-8+,17-6+,21-13?. The zero-order chi connectivity index (χ0) is 15.8. The van der Waals surface area contributed by atoms with Gasteiger partial charge in [0, 0.05) is 11.2 Å². The fraction of sp³-hybridized carbons (Fsp3) is 0.316. The van der Waals surface area contributed by atoms with E-state index in [1.807, 2.05) is 19.9 Å². The lowest BCUT2D eigenvalue weighted by Gasteiger charge is -2.07. The lowest BCUT2D eigenvalue weighted by Crippen LogP contribution is -1.91. The van der Waals surface area contributed by atoms with Gasteiger partial charge in [-0.05, 0) is 62.0 Å². The Labute approximate surface area is 133 Å². The van der Waals surface area contributed by atoms with Gasteiger partial charge in [-0.25, -0.2) is 0 Å². The van der Waals surface area contributed by atoms with E-state index >= 15 is 0 Å². The minimum atomic E-state index is 0.844. The molecule has 112 valence electrons. The van der Waals surface area contributed by atoms with Gasteiger partial charge < -0.3 is 5.41 Å². The van der Waals surface area contributed by atoms with Gasteiger partial charge in [0.25, 0.3) is 0 Å². The number of nitrogens with one attached hydrogen (secondary N) is 1. The topological polar surface area (TPSA) is 23.9 Å². The first-order valence-electron chi connectivity index (χ1n) is 7.30. The zero-order valence-corrected chi connectivity index (χ0v) is 14.1. The molecule has 0 aliphatic carbocycles. The highest BCUT2D eigenvalue weighted by molar-refractivity contribution is 6.31. The summed E-state index contributed by atoms with van der Waals surface area (Å²) in [7, 11) is 0. The van der Waals surface area contributed by atoms with Crippen molar-refractivity contribution >= 4 is 17.8 Å². The Balaban J connectivity index is 2.86. The van der Waals surface area contributed by atoms with Crippen molar-refractivity contribution in [3.05, 3.63) is 69.3 Å². The van der Waals surface area contributed by atoms with Crippen molar-refractivity contribution in [2.45, 2.75) is 40.5 Å². The molecule has 0 atom stereocenters. The fourth-order valence-corrected chi connectivity index (χ4v) is 2.37. The molecule has 1 nitrogen and oxygen atoms in total. The maximum atomic E-state index is 7.35. The van der Waals surface area contributed by atoms with Gasteiger partial charge in [0.1, 0.15) is 0 Å². The predicted octanol–water partition coefficient (Wildman–Crippen LogP) is 5.93. The van der Waals surface area contributed by atoms with E-state index < -0.39 is 0 Å². The molecule has 0 unspecified atom stereocenters. The average molecular weight is 302 g/mol. The van der Waals surface area contributed by atoms with Crippen LogP contribution < -0.4 is 0 Å². The highest BCUT2D eigenvalue weighted by atomic mass is 35.5. The van der Waals surface area contributed by atoms with Crippen LogP contribution in [-0.2, 0) is 12.8 Å². The van der Waals surface area contributed by atoms with Crippen molar-refractivity contribution in [3.8, 4) is 0 Å². The van der Waals surface area contributed by atoms with Crippen molar-refractivity contribution in [1.29, 1.82) is 5.41 Å². The van der Waals surface area contributed by atoms with Crippen LogP contribution in [0.15, 0.2) is 53.1 Å². The van der Waals surface area contributed by atoms with E-state index in [-0.39, 0.29) is 0 Å². The van der Waals surface area contributed by atoms with E-state index in [1.165, 1.54) is 17.4 Å². The van der Waals surface area contributed by atoms with Crippen molar-refractivity contribution in [1.82, 2.24) is 0 Å². The molecule has 0 spiro atoms. The Kier molecular flexibility index (Phi) is 7.18. The summed E-state index contributed by atoms with van der Waals surface area (Å²) >= 11 is 6.33. The molecule has 0 radical (unpaired) electrons. The summed E-state index contributed by atoms with van der Waals surface area (Å²) in [6.45, 7) is 8.20. The molecule has 0 aromatic heterocycles. The van der Waals surface area contributed by atoms with Crippen molar-refractivity contribution in [3.63, 3.8) is 0 Å². The van der Waals surface area contributed by atoms with E-state index in [1.54, 1.807) is 0 Å². The summed E-state index contributed by atoms with van der Waals surface area (Å²) in [6, 6.07) is 6.31. The average Bonchev–Trinajstić information content (AvgIpc) is 2.48. The molecule has 21 heavy (non-hydrogen) atoms. The Morgan fingerprint density at radius 2 is 1.95 bits per heavy atom. The van der Waals surface area contributed by atoms with E-state index in [9.17, 15) is 0 Å². The highest BCUT2D eigenvalue weighted by Crippen LogP contribution is 2.21. The van der Waals surface area contributed by atoms with E-state index in [0.29, 0.717) is 0 Å². The van der Waals surface area contributed by atoms with Crippen LogP contribution in [-0.4, -0.2) is 6.21 Å². The first-order valence-corrected chi connectivity index (χ1v) is 7.68. The third-order valence-electron chi connectivity index (χ3n) is 3.53. The fourth-order valence-electron chi connectivity index (χ4n) is 2.10. The Morgan fingerprint density at radius 1 is 1.24 bits per heavy atom. The van der Waals surface area contributed by atoms with Gasteiger partial charge in [-0.1, -0.05) is 54.5 Å². The smallest absolute Gasteiger partial charge is 0.0443 e. The van der Waals surface area contributed by atoms with Crippen molar-refractivity contribution < 1.29 is 0 Å². The van der Waals surface area contributed by atoms with Crippen molar-refractivity contribution in [2.24, 2.45) is 0 Å². The normalized spacial score (nSPS) is 13.5. The van der Waals surface area contributed by atoms with Crippen LogP contribution in [0.2, 0.25) is 5.02 Å². The van der Waals surface area contributed by atoms with Crippen LogP contribution >= 0.6 is 11.6 Å². The third-order valence-corrected chi connectivity index (χ3v) is 3.89. The molecule has 0 aliphatic heterocycles. The first-order chi connectivity index (χ1) is 10.0. The van der Waals surface area contributed by atoms with Crippen LogP contribution in [0.25, 0.3) is 0 Å². The molecule has 0 saturated heterocycles. The second kappa shape index (κ2) is 8.63. The minimum absolute atomic E-state index is 0.844. The van der Waals surface area contributed by atoms with Gasteiger partial charge in [0.2, 0.25) is 0 Å². The molecular weight excluding hydrogens is 278 g/mol. The van der Waals surface area contributed by atoms with Crippen LogP contribution in [0.3, 0.4) is 0 Å². The molecule has 0 amide bonds. The zero-order valence-electron chi connectivity index (χ0n) is 13.3. The summed E-state index contributed by atoms with van der Waals surface area (Å²) in [5.41, 5.74) is 5.72. The second-order valence-corrected chi connectivity index (χ2v) is 5.61. The van der Waals surface area contributed by atoms with E-state index in [2.05, 4.69) is 44.2 Å². The monoisotopic (exact) mass is 301 g/mol. The minimum Gasteiger partial charge on any atom is -0.308 e. The van der Waals surface area contributed by atoms with Crippen LogP contribution in [0.4, 0.5) is 0 Å². The quantitative estimate of drug-likeness (QED) is 0.497. The Hall–Kier alpha value is -1.60. The number of rotatable bonds is 6. The summed E-state index contributed by atoms with van der Waals surface area (Å²) in [5.74, 6) is 0. The number of halogens is 1. The summed E-state index contributed by atoms with van der Waals surface area (Å²) in [6.07, 6.45) is 9.35. The van der Waals surface area contributed by atoms with E-state index in [4.69, 9.17) is 17.0 Å². The van der Waals surface area contributed by atoms with Gasteiger partial charge in [-0.15, -0.1) is 0 Å². The Bertz CT molecular complexity index is 592. The van der Waals surface area contributed by atoms with Gasteiger partial charge >= 0.3 is 0 Å². The molecule has 1 aromatic rings. The summed E-state index contributed by atoms with van der Waals surface area (Å²) in [4.78, 5) is 0. The largest absolute Gasteiger partial charge is 0.308 e. The van der Waals surface area contributed by atoms with Crippen LogP contribution in [0.1, 0.15) is 38.8 Å². The van der Waals surface area contributed by atoms with E-state index in [0.717, 1.165) is 34.6 Å². The predicted molar refractivity (Wildman–Crippen MR) is 94.6 cm³/mol. The molecule has 1 aromatic carbocycles. The highest BCUT2D eigenvalue weighted by Gasteiger charge is 2.02. The van der Waals surface area contributed by atoms with Gasteiger partial charge in [-0.2, -0.15) is 0 Å². The maximum Gasteiger partial charge on any atom is 0.0443 e.